The van der Waals surface area contributed by atoms with Crippen LogP contribution in [0, 0.1) is 22.0 Å². The van der Waals surface area contributed by atoms with Crippen LogP contribution in [0.2, 0.25) is 5.02 Å². The van der Waals surface area contributed by atoms with E-state index in [1.54, 1.807) is 129 Å². The highest BCUT2D eigenvalue weighted by molar-refractivity contribution is 8.68. The van der Waals surface area contributed by atoms with E-state index in [0.717, 1.165) is 15.2 Å². The van der Waals surface area contributed by atoms with Gasteiger partial charge in [-0.15, -0.1) is 0 Å². The maximum Gasteiger partial charge on any atom is 0.431 e. The van der Waals surface area contributed by atoms with E-state index in [1.807, 2.05) is 0 Å². The number of benzene rings is 3. The number of nitrogens with zero attached hydrogens (tertiary/aromatic N) is 5. The van der Waals surface area contributed by atoms with Gasteiger partial charge >= 0.3 is 38.5 Å². The minimum Gasteiger partial charge on any atom is -0.463 e. The quantitative estimate of drug-likeness (QED) is 0.0133. The number of non-ortho nitro benzene ring substituents is 1. The second kappa shape index (κ2) is 41.3. The Bertz CT molecular complexity index is 3770. The summed E-state index contributed by atoms with van der Waals surface area (Å²) in [5.41, 5.74) is -0.553. The van der Waals surface area contributed by atoms with Crippen LogP contribution in [-0.2, 0) is 119 Å². The molecule has 2 fully saturated rings. The topological polar surface area (TPSA) is 399 Å². The van der Waals surface area contributed by atoms with Crippen molar-refractivity contribution in [3.05, 3.63) is 139 Å². The number of aliphatic hydroxyl groups is 5. The standard InChI is InChI=1S/C24H34N3O10P.C19H21ClNO7P.C11H17N3O6.2CH4.S7/c1-15(2)35-21(29)16(3)14-38(32,37-17-9-7-6-8-10-17)34-13-18-20(28)24(4,31)22(36-18)27-12-11-19(26-33-5)25-23(27)30;1-13(2)26-19(22)14(3)12-29(25,27-16-7-5-4-6-8-16)28-18-10-9-15(21(23)24)11-17(18)20;1-11(18)8(16)6(5-15)20-9(11)14-4-3-7(13-19-2)12-10(14)17;;;1-3-5-7-6-4-2/h6-12,15-16,18,20,22,28,31H,13-14H2,1-5H3,(H,25,26,30);4-11,13-14H,12H2,1-3H3;3-4,6,8-9,15-16,18H,5H2,1-2H3,(H,12,13,17);2*1H4;/t16-,18-,20+,22-,24?,38?;14-,29?;6-,8+,9-,11?;;;/m111.../s1. The van der Waals surface area contributed by atoms with Gasteiger partial charge in [-0.1, -0.05) is 76.7 Å². The number of para-hydroxylation sites is 2. The number of hydrogen-bond acceptors (Lipinski definition) is 29. The van der Waals surface area contributed by atoms with Crippen LogP contribution in [0.4, 0.5) is 17.3 Å². The Morgan fingerprint density at radius 1 is 0.698 bits per heavy atom. The number of carbonyl (C=O) groups excluding carboxylic acids is 2. The van der Waals surface area contributed by atoms with E-state index in [9.17, 15) is 58.8 Å². The number of anilines is 2. The third kappa shape index (κ3) is 26.4. The molecule has 0 bridgehead atoms. The highest BCUT2D eigenvalue weighted by Gasteiger charge is 2.55. The zero-order chi connectivity index (χ0) is 70.1. The molecule has 12 atom stereocenters. The molecule has 7 N–H and O–H groups in total. The molecule has 30 nitrogen and oxygen atoms in total. The van der Waals surface area contributed by atoms with Gasteiger partial charge < -0.3 is 58.1 Å². The smallest absolute Gasteiger partial charge is 0.431 e. The molecule has 4 heterocycles. The summed E-state index contributed by atoms with van der Waals surface area (Å²) in [5, 5.41) is 61.8. The molecule has 0 spiro atoms. The summed E-state index contributed by atoms with van der Waals surface area (Å²) >= 11 is 15.2. The van der Waals surface area contributed by atoms with Crippen molar-refractivity contribution in [2.45, 2.75) is 131 Å². The third-order valence-electron chi connectivity index (χ3n) is 12.7. The lowest BCUT2D eigenvalue weighted by Gasteiger charge is -2.27. The molecule has 2 aliphatic heterocycles. The minimum absolute atomic E-state index is 0. The third-order valence-corrected chi connectivity index (χ3v) is 25.8. The van der Waals surface area contributed by atoms with Crippen LogP contribution in [0.3, 0.4) is 0 Å². The van der Waals surface area contributed by atoms with Crippen LogP contribution < -0.4 is 35.9 Å². The van der Waals surface area contributed by atoms with Gasteiger partial charge in [-0.25, -0.2) is 29.7 Å². The minimum atomic E-state index is -4.01. The average molecular weight is 1540 g/mol. The first-order valence-electron chi connectivity index (χ1n) is 27.7. The molecule has 96 heavy (non-hydrogen) atoms. The van der Waals surface area contributed by atoms with Crippen molar-refractivity contribution in [3.63, 3.8) is 0 Å². The number of halogens is 1. The van der Waals surface area contributed by atoms with Crippen molar-refractivity contribution in [1.82, 2.24) is 19.1 Å². The largest absolute Gasteiger partial charge is 0.463 e. The number of aliphatic hydroxyl groups excluding tert-OH is 3. The zero-order valence-electron chi connectivity index (χ0n) is 51.9. The monoisotopic (exact) mass is 1540 g/mol. The summed E-state index contributed by atoms with van der Waals surface area (Å²) in [6.45, 7) is 11.6. The van der Waals surface area contributed by atoms with E-state index in [1.165, 1.54) is 82.5 Å². The molecule has 2 aliphatic rings. The summed E-state index contributed by atoms with van der Waals surface area (Å²) in [7, 11) is 2.15. The van der Waals surface area contributed by atoms with Crippen LogP contribution in [0.5, 0.6) is 17.2 Å². The number of nitrogens with one attached hydrogen (secondary N) is 2. The first kappa shape index (κ1) is 86.7. The molecule has 5 aromatic rings. The van der Waals surface area contributed by atoms with Crippen molar-refractivity contribution in [2.75, 3.05) is 50.7 Å². The Hall–Kier alpha value is -5.35. The molecular formula is C56H80ClN7O23P2S7. The normalized spacial score (nSPS) is 21.7. The molecule has 4 unspecified atom stereocenters. The van der Waals surface area contributed by atoms with E-state index in [-0.39, 0.29) is 79.0 Å². The van der Waals surface area contributed by atoms with Crippen molar-refractivity contribution >= 4 is 123 Å². The fourth-order valence-corrected chi connectivity index (χ4v) is 20.6. The lowest BCUT2D eigenvalue weighted by Crippen LogP contribution is -2.46. The number of nitro groups is 1. The van der Waals surface area contributed by atoms with E-state index in [0.29, 0.717) is 0 Å². The van der Waals surface area contributed by atoms with Crippen molar-refractivity contribution in [3.8, 4) is 17.2 Å². The highest BCUT2D eigenvalue weighted by Crippen LogP contribution is 2.53. The molecule has 40 heteroatoms. The van der Waals surface area contributed by atoms with Gasteiger partial charge in [0, 0.05) is 91.3 Å². The van der Waals surface area contributed by atoms with Crippen LogP contribution in [0.25, 0.3) is 0 Å². The number of hydrogen-bond donors (Lipinski definition) is 7. The van der Waals surface area contributed by atoms with Gasteiger partial charge in [-0.2, -0.15) is 9.97 Å². The first-order chi connectivity index (χ1) is 44.3. The van der Waals surface area contributed by atoms with Crippen molar-refractivity contribution < 1.29 is 95.9 Å². The molecule has 2 saturated heterocycles. The lowest BCUT2D eigenvalue weighted by atomic mass is 9.96. The summed E-state index contributed by atoms with van der Waals surface area (Å²) in [6, 6.07) is 22.9. The van der Waals surface area contributed by atoms with E-state index in [4.69, 9.17) is 58.6 Å². The Morgan fingerprint density at radius 3 is 1.49 bits per heavy atom. The van der Waals surface area contributed by atoms with E-state index in [2.05, 4.69) is 48.1 Å². The van der Waals surface area contributed by atoms with Crippen LogP contribution in [0.15, 0.2) is 113 Å². The van der Waals surface area contributed by atoms with Crippen LogP contribution in [0.1, 0.15) is 82.7 Å². The Labute approximate surface area is 583 Å². The first-order valence-corrected chi connectivity index (χ1v) is 39.6. The molecule has 7 rings (SSSR count). The Kier molecular flexibility index (Phi) is 37.3. The van der Waals surface area contributed by atoms with Gasteiger partial charge in [-0.05, 0) is 84.0 Å². The van der Waals surface area contributed by atoms with E-state index < -0.39 is 117 Å². The van der Waals surface area contributed by atoms with Gasteiger partial charge in [0.15, 0.2) is 24.1 Å². The number of carbonyl (C=O) groups is 2. The fraction of sp³-hybridized carbons (Fsp3) is 0.500. The SMILES string of the molecule is C.C.CC(C)OC(=O)[C@H](C)CP(=O)(Oc1ccccc1)Oc1ccc([N+](=O)[O-])cc1Cl.CONc1ccn([C@@H]2O[C@H](CO)[C@H](O)C2(C)O)c(=O)n1.CONc1ccn([C@@H]2O[C@H](COP(=O)(C[C@@H](C)C(=O)OC(C)C)Oc3ccccc3)[C@H](O)C2(C)O)c(=O)n1.S=S=S=S=S=S=S. The average Bonchev–Trinajstić information content (AvgIpc) is 1.61. The van der Waals surface area contributed by atoms with Gasteiger partial charge in [0.2, 0.25) is 0 Å². The second-order valence-electron chi connectivity index (χ2n) is 21.0. The predicted octanol–water partition coefficient (Wildman–Crippen LogP) is 7.06. The molecular weight excluding hydrogens is 1460 g/mol. The summed E-state index contributed by atoms with van der Waals surface area (Å²) < 4.78 is 73.3. The number of nitro benzene ring substituents is 1. The maximum atomic E-state index is 13.8. The van der Waals surface area contributed by atoms with Gasteiger partial charge in [0.25, 0.3) is 5.69 Å². The molecule has 536 valence electrons. The molecule has 0 radical (unpaired) electrons. The maximum absolute atomic E-state index is 13.8. The molecule has 0 saturated carbocycles. The number of esters is 2. The van der Waals surface area contributed by atoms with Crippen LogP contribution >= 0.6 is 26.8 Å². The predicted molar refractivity (Wildman–Crippen MR) is 376 cm³/mol. The van der Waals surface area contributed by atoms with Crippen molar-refractivity contribution in [2.24, 2.45) is 11.8 Å². The number of aromatic nitrogens is 4. The summed E-state index contributed by atoms with van der Waals surface area (Å²) in [5.74, 6) is -1.93. The van der Waals surface area contributed by atoms with Crippen molar-refractivity contribution in [1.29, 1.82) is 0 Å². The zero-order valence-corrected chi connectivity index (χ0v) is 60.1. The molecule has 3 aromatic carbocycles. The second-order valence-corrected chi connectivity index (χ2v) is 34.2. The molecule has 0 aliphatic carbocycles. The summed E-state index contributed by atoms with van der Waals surface area (Å²) in [6.07, 6.45) is -6.13. The molecule has 2 aromatic heterocycles. The summed E-state index contributed by atoms with van der Waals surface area (Å²) in [4.78, 5) is 76.1. The van der Waals surface area contributed by atoms with Crippen LogP contribution in [-0.4, -0.2) is 149 Å². The number of rotatable bonds is 25. The Morgan fingerprint density at radius 2 is 1.11 bits per heavy atom. The lowest BCUT2D eigenvalue weighted by molar-refractivity contribution is -0.384. The van der Waals surface area contributed by atoms with E-state index >= 15 is 0 Å². The van der Waals surface area contributed by atoms with Gasteiger partial charge in [0.1, 0.15) is 52.9 Å². The van der Waals surface area contributed by atoms with Gasteiger partial charge in [-0.3, -0.25) is 43.0 Å². The fourth-order valence-electron chi connectivity index (χ4n) is 8.33. The number of ether oxygens (including phenoxy) is 4. The van der Waals surface area contributed by atoms with Gasteiger partial charge in [0.05, 0.1) is 73.7 Å². The molecule has 0 amide bonds. The Balaban J connectivity index is 0.000000479. The highest BCUT2D eigenvalue weighted by atomic mass is 35.5.